The highest BCUT2D eigenvalue weighted by Gasteiger charge is 2.31. The van der Waals surface area contributed by atoms with Gasteiger partial charge in [0.05, 0.1) is 18.8 Å². The van der Waals surface area contributed by atoms with E-state index in [4.69, 9.17) is 4.74 Å². The number of hydrogen-bond acceptors (Lipinski definition) is 5. The maximum absolute atomic E-state index is 12.2. The van der Waals surface area contributed by atoms with Crippen molar-refractivity contribution in [3.8, 4) is 0 Å². The zero-order chi connectivity index (χ0) is 17.2. The van der Waals surface area contributed by atoms with Crippen LogP contribution in [0.15, 0.2) is 12.7 Å². The van der Waals surface area contributed by atoms with Crippen LogP contribution in [-0.2, 0) is 17.7 Å². The van der Waals surface area contributed by atoms with Crippen LogP contribution in [0.3, 0.4) is 0 Å². The summed E-state index contributed by atoms with van der Waals surface area (Å²) in [5, 5.41) is 17.0. The van der Waals surface area contributed by atoms with E-state index < -0.39 is 17.6 Å². The van der Waals surface area contributed by atoms with Gasteiger partial charge >= 0.3 is 6.09 Å². The van der Waals surface area contributed by atoms with Gasteiger partial charge in [-0.2, -0.15) is 5.10 Å². The third-order valence-electron chi connectivity index (χ3n) is 3.32. The minimum Gasteiger partial charge on any atom is -0.444 e. The largest absolute Gasteiger partial charge is 0.444 e. The van der Waals surface area contributed by atoms with E-state index in [1.165, 1.54) is 11.0 Å². The molecule has 2 heterocycles. The minimum absolute atomic E-state index is 0.00239. The summed E-state index contributed by atoms with van der Waals surface area (Å²) in [6.45, 7) is 9.55. The lowest BCUT2D eigenvalue weighted by Gasteiger charge is -2.30. The summed E-state index contributed by atoms with van der Waals surface area (Å²) in [7, 11) is 0. The number of rotatable bonds is 3. The predicted molar refractivity (Wildman–Crippen MR) is 82.0 cm³/mol. The average molecular weight is 322 g/mol. The molecule has 1 aromatic heterocycles. The lowest BCUT2D eigenvalue weighted by atomic mass is 10.1. The van der Waals surface area contributed by atoms with E-state index in [9.17, 15) is 14.8 Å². The summed E-state index contributed by atoms with van der Waals surface area (Å²) >= 11 is 0. The first-order chi connectivity index (χ1) is 10.7. The van der Waals surface area contributed by atoms with Gasteiger partial charge in [0.15, 0.2) is 0 Å². The molecule has 8 nitrogen and oxygen atoms in total. The van der Waals surface area contributed by atoms with E-state index in [0.717, 1.165) is 5.69 Å². The second-order valence-electron chi connectivity index (χ2n) is 6.35. The van der Waals surface area contributed by atoms with Crippen LogP contribution in [0.4, 0.5) is 4.79 Å². The molecule has 8 heteroatoms. The Kier molecular flexibility index (Phi) is 4.74. The predicted octanol–water partition coefficient (Wildman–Crippen LogP) is 1.72. The summed E-state index contributed by atoms with van der Waals surface area (Å²) in [4.78, 5) is 25.9. The summed E-state index contributed by atoms with van der Waals surface area (Å²) < 4.78 is 5.35. The van der Waals surface area contributed by atoms with Gasteiger partial charge in [0, 0.05) is 18.5 Å². The van der Waals surface area contributed by atoms with Gasteiger partial charge in [-0.3, -0.25) is 15.1 Å². The number of fused-ring (bicyclic) bond motifs is 1. The molecule has 23 heavy (non-hydrogen) atoms. The fourth-order valence-corrected chi connectivity index (χ4v) is 2.28. The molecule has 0 bridgehead atoms. The zero-order valence-corrected chi connectivity index (χ0v) is 13.6. The summed E-state index contributed by atoms with van der Waals surface area (Å²) in [6.07, 6.45) is 1.49. The molecule has 0 fully saturated rings. The Labute approximate surface area is 134 Å². The van der Waals surface area contributed by atoms with E-state index in [2.05, 4.69) is 16.8 Å². The molecular weight excluding hydrogens is 300 g/mol. The second kappa shape index (κ2) is 6.41. The minimum atomic E-state index is -0.607. The van der Waals surface area contributed by atoms with Crippen molar-refractivity contribution in [2.45, 2.75) is 39.3 Å². The number of hydrogen-bond donors (Lipinski definition) is 2. The summed E-state index contributed by atoms with van der Waals surface area (Å²) in [5.74, 6) is -0.607. The third-order valence-corrected chi connectivity index (χ3v) is 3.32. The first-order valence-corrected chi connectivity index (χ1v) is 7.38. The van der Waals surface area contributed by atoms with Gasteiger partial charge in [-0.15, -0.1) is 6.58 Å². The smallest absolute Gasteiger partial charge is 0.410 e. The molecule has 0 radical (unpaired) electrons. The van der Waals surface area contributed by atoms with Crippen LogP contribution in [0.5, 0.6) is 0 Å². The van der Waals surface area contributed by atoms with E-state index in [-0.39, 0.29) is 18.8 Å². The van der Waals surface area contributed by atoms with Crippen molar-refractivity contribution < 1.29 is 19.5 Å². The van der Waals surface area contributed by atoms with Crippen LogP contribution >= 0.6 is 0 Å². The Hall–Kier alpha value is -2.35. The highest BCUT2D eigenvalue weighted by atomic mass is 16.6. The van der Waals surface area contributed by atoms with Crippen LogP contribution < -0.4 is 0 Å². The Morgan fingerprint density at radius 1 is 1.52 bits per heavy atom. The summed E-state index contributed by atoms with van der Waals surface area (Å²) in [5.41, 5.74) is 0.922. The molecule has 126 valence electrons. The van der Waals surface area contributed by atoms with Crippen molar-refractivity contribution in [2.75, 3.05) is 13.1 Å². The number of H-pyrrole nitrogens is 1. The van der Waals surface area contributed by atoms with Crippen LogP contribution in [-0.4, -0.2) is 56.1 Å². The normalized spacial score (nSPS) is 14.2. The van der Waals surface area contributed by atoms with Gasteiger partial charge in [0.1, 0.15) is 11.3 Å². The number of hydroxylamine groups is 2. The van der Waals surface area contributed by atoms with Crippen molar-refractivity contribution in [1.29, 1.82) is 0 Å². The SMILES string of the molecule is C=CCN(O)C(=O)c1[nH]nc2c1CN(C(=O)OC(C)(C)C)CC2. The topological polar surface area (TPSA) is 98.8 Å². The quantitative estimate of drug-likeness (QED) is 0.501. The molecule has 2 N–H and O–H groups in total. The van der Waals surface area contributed by atoms with E-state index in [1.807, 2.05) is 0 Å². The molecule has 0 aromatic carbocycles. The molecule has 0 atom stereocenters. The number of amides is 2. The molecule has 0 unspecified atom stereocenters. The van der Waals surface area contributed by atoms with E-state index in [1.54, 1.807) is 20.8 Å². The maximum Gasteiger partial charge on any atom is 0.410 e. The van der Waals surface area contributed by atoms with Crippen LogP contribution in [0, 0.1) is 0 Å². The van der Waals surface area contributed by atoms with Crippen molar-refractivity contribution in [1.82, 2.24) is 20.2 Å². The third kappa shape index (κ3) is 3.89. The summed E-state index contributed by atoms with van der Waals surface area (Å²) in [6, 6.07) is 0. The van der Waals surface area contributed by atoms with Crippen LogP contribution in [0.2, 0.25) is 0 Å². The molecule has 1 aliphatic heterocycles. The number of carbonyl (C=O) groups excluding carboxylic acids is 2. The number of aromatic nitrogens is 2. The van der Waals surface area contributed by atoms with E-state index >= 15 is 0 Å². The van der Waals surface area contributed by atoms with Gasteiger partial charge < -0.3 is 9.64 Å². The molecule has 2 amide bonds. The monoisotopic (exact) mass is 322 g/mol. The van der Waals surface area contributed by atoms with Gasteiger partial charge in [0.25, 0.3) is 5.91 Å². The van der Waals surface area contributed by atoms with Crippen molar-refractivity contribution in [3.63, 3.8) is 0 Å². The molecule has 1 aliphatic rings. The number of nitrogens with zero attached hydrogens (tertiary/aromatic N) is 3. The first-order valence-electron chi connectivity index (χ1n) is 7.38. The molecule has 0 saturated heterocycles. The Bertz CT molecular complexity index is 617. The lowest BCUT2D eigenvalue weighted by Crippen LogP contribution is -2.40. The van der Waals surface area contributed by atoms with Crippen LogP contribution in [0.25, 0.3) is 0 Å². The lowest BCUT2D eigenvalue weighted by molar-refractivity contribution is -0.0499. The molecular formula is C15H22N4O4. The van der Waals surface area contributed by atoms with Gasteiger partial charge in [-0.05, 0) is 20.8 Å². The van der Waals surface area contributed by atoms with Crippen molar-refractivity contribution in [3.05, 3.63) is 29.6 Å². The molecule has 0 aliphatic carbocycles. The highest BCUT2D eigenvalue weighted by molar-refractivity contribution is 5.93. The fourth-order valence-electron chi connectivity index (χ4n) is 2.28. The van der Waals surface area contributed by atoms with Gasteiger partial charge in [0.2, 0.25) is 0 Å². The maximum atomic E-state index is 12.2. The van der Waals surface area contributed by atoms with Crippen molar-refractivity contribution in [2.24, 2.45) is 0 Å². The Morgan fingerprint density at radius 2 is 2.22 bits per heavy atom. The molecule has 0 spiro atoms. The Balaban J connectivity index is 2.17. The highest BCUT2D eigenvalue weighted by Crippen LogP contribution is 2.23. The van der Waals surface area contributed by atoms with Gasteiger partial charge in [-0.25, -0.2) is 9.86 Å². The number of nitrogens with one attached hydrogen (secondary N) is 1. The molecule has 2 rings (SSSR count). The van der Waals surface area contributed by atoms with Crippen molar-refractivity contribution >= 4 is 12.0 Å². The molecule has 1 aromatic rings. The first kappa shape index (κ1) is 17.0. The standard InChI is InChI=1S/C15H22N4O4/c1-5-7-19(22)13(20)12-10-9-18(8-6-11(10)16-17-12)14(21)23-15(2,3)4/h5,22H,1,6-9H2,2-4H3,(H,16,17). The van der Waals surface area contributed by atoms with Gasteiger partial charge in [-0.1, -0.05) is 6.08 Å². The van der Waals surface area contributed by atoms with Crippen LogP contribution in [0.1, 0.15) is 42.5 Å². The number of ether oxygens (including phenoxy) is 1. The zero-order valence-electron chi connectivity index (χ0n) is 13.6. The molecule has 0 saturated carbocycles. The number of carbonyl (C=O) groups is 2. The van der Waals surface area contributed by atoms with E-state index in [0.29, 0.717) is 23.6 Å². The fraction of sp³-hybridized carbons (Fsp3) is 0.533. The Morgan fingerprint density at radius 3 is 2.83 bits per heavy atom. The number of aromatic amines is 1. The average Bonchev–Trinajstić information content (AvgIpc) is 2.87. The second-order valence-corrected chi connectivity index (χ2v) is 6.35.